The van der Waals surface area contributed by atoms with Gasteiger partial charge in [-0.05, 0) is 59.7 Å². The number of carbonyl (C=O) groups is 2. The Morgan fingerprint density at radius 3 is 2.29 bits per heavy atom. The van der Waals surface area contributed by atoms with Gasteiger partial charge in [0, 0.05) is 5.69 Å². The molecule has 0 unspecified atom stereocenters. The third-order valence-electron chi connectivity index (χ3n) is 3.85. The maximum Gasteiger partial charge on any atom is 0.343 e. The van der Waals surface area contributed by atoms with Crippen molar-refractivity contribution in [3.63, 3.8) is 0 Å². The summed E-state index contributed by atoms with van der Waals surface area (Å²) in [5, 5.41) is 3.94. The summed E-state index contributed by atoms with van der Waals surface area (Å²) >= 11 is 0. The number of hydrogen-bond acceptors (Lipinski definition) is 5. The quantitative estimate of drug-likeness (QED) is 0.228. The normalized spacial score (nSPS) is 10.6. The van der Waals surface area contributed by atoms with E-state index in [4.69, 9.17) is 10.5 Å². The van der Waals surface area contributed by atoms with Crippen molar-refractivity contribution in [2.45, 2.75) is 6.42 Å². The highest BCUT2D eigenvalue weighted by atomic mass is 16.5. The summed E-state index contributed by atoms with van der Waals surface area (Å²) in [6.07, 6.45) is 1.73. The molecule has 3 rings (SSSR count). The Morgan fingerprint density at radius 1 is 0.929 bits per heavy atom. The number of nitrogens with one attached hydrogen (secondary N) is 1. The molecule has 3 aromatic rings. The van der Waals surface area contributed by atoms with E-state index < -0.39 is 5.97 Å². The van der Waals surface area contributed by atoms with Crippen LogP contribution in [0.25, 0.3) is 0 Å². The molecule has 0 saturated heterocycles. The fourth-order valence-corrected chi connectivity index (χ4v) is 2.40. The summed E-state index contributed by atoms with van der Waals surface area (Å²) < 4.78 is 5.31. The fourth-order valence-electron chi connectivity index (χ4n) is 2.40. The Morgan fingerprint density at radius 2 is 1.61 bits per heavy atom. The Labute approximate surface area is 162 Å². The van der Waals surface area contributed by atoms with Crippen molar-refractivity contribution in [2.24, 2.45) is 5.10 Å². The number of hydrogen-bond donors (Lipinski definition) is 2. The average molecular weight is 373 g/mol. The Kier molecular flexibility index (Phi) is 6.15. The number of amides is 1. The fraction of sp³-hybridized carbons (Fsp3) is 0.0455. The van der Waals surface area contributed by atoms with Crippen LogP contribution in [0.2, 0.25) is 0 Å². The van der Waals surface area contributed by atoms with Gasteiger partial charge in [0.15, 0.2) is 0 Å². The van der Waals surface area contributed by atoms with Crippen LogP contribution in [-0.4, -0.2) is 18.1 Å². The summed E-state index contributed by atoms with van der Waals surface area (Å²) in [6, 6.07) is 22.7. The van der Waals surface area contributed by atoms with Crippen molar-refractivity contribution in [2.75, 3.05) is 5.73 Å². The number of anilines is 1. The van der Waals surface area contributed by atoms with Crippen LogP contribution < -0.4 is 15.9 Å². The summed E-state index contributed by atoms with van der Waals surface area (Å²) in [4.78, 5) is 23.9. The lowest BCUT2D eigenvalue weighted by Gasteiger charge is -2.04. The molecule has 0 saturated carbocycles. The van der Waals surface area contributed by atoms with Gasteiger partial charge in [0.1, 0.15) is 5.75 Å². The highest BCUT2D eigenvalue weighted by molar-refractivity contribution is 5.91. The van der Waals surface area contributed by atoms with E-state index in [1.54, 1.807) is 72.8 Å². The van der Waals surface area contributed by atoms with E-state index in [1.165, 1.54) is 6.21 Å². The second-order valence-corrected chi connectivity index (χ2v) is 6.04. The molecule has 1 amide bonds. The molecule has 0 aliphatic heterocycles. The SMILES string of the molecule is Nc1ccc(CC(=O)N/N=C\c2ccc(OC(=O)c3ccccc3)cc2)cc1. The van der Waals surface area contributed by atoms with Gasteiger partial charge >= 0.3 is 5.97 Å². The van der Waals surface area contributed by atoms with E-state index in [2.05, 4.69) is 10.5 Å². The molecule has 28 heavy (non-hydrogen) atoms. The first kappa shape index (κ1) is 18.8. The first-order valence-corrected chi connectivity index (χ1v) is 8.64. The molecular weight excluding hydrogens is 354 g/mol. The van der Waals surface area contributed by atoms with Crippen LogP contribution in [0.5, 0.6) is 5.75 Å². The van der Waals surface area contributed by atoms with Crippen molar-refractivity contribution < 1.29 is 14.3 Å². The Hall–Kier alpha value is -3.93. The summed E-state index contributed by atoms with van der Waals surface area (Å²) in [6.45, 7) is 0. The van der Waals surface area contributed by atoms with Crippen molar-refractivity contribution in [3.8, 4) is 5.75 Å². The molecule has 0 aliphatic carbocycles. The van der Waals surface area contributed by atoms with Crippen LogP contribution in [0, 0.1) is 0 Å². The van der Waals surface area contributed by atoms with Crippen LogP contribution in [0.4, 0.5) is 5.69 Å². The summed E-state index contributed by atoms with van der Waals surface area (Å²) in [5.41, 5.74) is 10.8. The second-order valence-electron chi connectivity index (χ2n) is 6.04. The average Bonchev–Trinajstić information content (AvgIpc) is 2.72. The Balaban J connectivity index is 1.50. The van der Waals surface area contributed by atoms with E-state index >= 15 is 0 Å². The van der Waals surface area contributed by atoms with E-state index in [0.717, 1.165) is 11.1 Å². The predicted molar refractivity (Wildman–Crippen MR) is 108 cm³/mol. The molecule has 0 bridgehead atoms. The number of nitrogens with two attached hydrogens (primary N) is 1. The lowest BCUT2D eigenvalue weighted by atomic mass is 10.1. The number of benzene rings is 3. The standard InChI is InChI=1S/C22H19N3O3/c23-19-10-6-16(7-11-19)14-21(26)25-24-15-17-8-12-20(13-9-17)28-22(27)18-4-2-1-3-5-18/h1-13,15H,14,23H2,(H,25,26)/b24-15-. The van der Waals surface area contributed by atoms with Gasteiger partial charge in [0.25, 0.3) is 0 Å². The number of rotatable bonds is 6. The molecule has 6 nitrogen and oxygen atoms in total. The molecule has 0 heterocycles. The van der Waals surface area contributed by atoms with Gasteiger partial charge in [-0.1, -0.05) is 30.3 Å². The molecule has 140 valence electrons. The van der Waals surface area contributed by atoms with Crippen LogP contribution in [-0.2, 0) is 11.2 Å². The molecule has 3 aromatic carbocycles. The number of nitrogen functional groups attached to an aromatic ring is 1. The van der Waals surface area contributed by atoms with Gasteiger partial charge in [0.2, 0.25) is 5.91 Å². The minimum absolute atomic E-state index is 0.214. The van der Waals surface area contributed by atoms with Gasteiger partial charge in [-0.3, -0.25) is 4.79 Å². The molecule has 3 N–H and O–H groups in total. The molecule has 0 aromatic heterocycles. The largest absolute Gasteiger partial charge is 0.423 e. The van der Waals surface area contributed by atoms with Crippen LogP contribution in [0.3, 0.4) is 0 Å². The zero-order chi connectivity index (χ0) is 19.8. The minimum atomic E-state index is -0.419. The van der Waals surface area contributed by atoms with E-state index in [9.17, 15) is 9.59 Å². The van der Waals surface area contributed by atoms with E-state index in [1.807, 2.05) is 6.07 Å². The lowest BCUT2D eigenvalue weighted by molar-refractivity contribution is -0.120. The first-order valence-electron chi connectivity index (χ1n) is 8.64. The van der Waals surface area contributed by atoms with Gasteiger partial charge < -0.3 is 10.5 Å². The zero-order valence-electron chi connectivity index (χ0n) is 15.0. The van der Waals surface area contributed by atoms with Crippen molar-refractivity contribution >= 4 is 23.8 Å². The maximum absolute atomic E-state index is 12.0. The third kappa shape index (κ3) is 5.54. The van der Waals surface area contributed by atoms with Crippen molar-refractivity contribution in [1.29, 1.82) is 0 Å². The second kappa shape index (κ2) is 9.14. The molecule has 6 heteroatoms. The molecule has 0 radical (unpaired) electrons. The number of hydrazone groups is 1. The number of ether oxygens (including phenoxy) is 1. The molecule has 0 spiro atoms. The number of esters is 1. The summed E-state index contributed by atoms with van der Waals surface area (Å²) in [7, 11) is 0. The van der Waals surface area contributed by atoms with Crippen molar-refractivity contribution in [3.05, 3.63) is 95.6 Å². The highest BCUT2D eigenvalue weighted by Gasteiger charge is 2.07. The summed E-state index contributed by atoms with van der Waals surface area (Å²) in [5.74, 6) is -0.218. The van der Waals surface area contributed by atoms with Crippen LogP contribution in [0.15, 0.2) is 84.0 Å². The molecule has 0 atom stereocenters. The number of nitrogens with zero attached hydrogens (tertiary/aromatic N) is 1. The molecule has 0 aliphatic rings. The number of carbonyl (C=O) groups excluding carboxylic acids is 2. The zero-order valence-corrected chi connectivity index (χ0v) is 15.0. The van der Waals surface area contributed by atoms with E-state index in [-0.39, 0.29) is 12.3 Å². The van der Waals surface area contributed by atoms with Gasteiger partial charge in [-0.2, -0.15) is 5.10 Å². The first-order chi connectivity index (χ1) is 13.6. The topological polar surface area (TPSA) is 93.8 Å². The molecular formula is C22H19N3O3. The monoisotopic (exact) mass is 373 g/mol. The Bertz CT molecular complexity index is 966. The van der Waals surface area contributed by atoms with Crippen LogP contribution >= 0.6 is 0 Å². The predicted octanol–water partition coefficient (Wildman–Crippen LogP) is 3.18. The van der Waals surface area contributed by atoms with Crippen molar-refractivity contribution in [1.82, 2.24) is 5.43 Å². The van der Waals surface area contributed by atoms with Gasteiger partial charge in [0.05, 0.1) is 18.2 Å². The smallest absolute Gasteiger partial charge is 0.343 e. The van der Waals surface area contributed by atoms with Gasteiger partial charge in [-0.25, -0.2) is 10.2 Å². The minimum Gasteiger partial charge on any atom is -0.423 e. The lowest BCUT2D eigenvalue weighted by Crippen LogP contribution is -2.19. The molecule has 0 fully saturated rings. The highest BCUT2D eigenvalue weighted by Crippen LogP contribution is 2.13. The van der Waals surface area contributed by atoms with Gasteiger partial charge in [-0.15, -0.1) is 0 Å². The van der Waals surface area contributed by atoms with Crippen LogP contribution in [0.1, 0.15) is 21.5 Å². The maximum atomic E-state index is 12.0. The third-order valence-corrected chi connectivity index (χ3v) is 3.85. The van der Waals surface area contributed by atoms with E-state index in [0.29, 0.717) is 17.0 Å².